The molecule has 6 rings (SSSR count). The number of hydrogen-bond donors (Lipinski definition) is 3. The summed E-state index contributed by atoms with van der Waals surface area (Å²) in [6.45, 7) is 2.29. The standard InChI is InChI=1S/C17H17ClN2O2S.C11H10ClNO3.C6H9NS/c18-12-3-1-4-13(11-12)20-9-7-15(17(20)22)16(21)19-8-6-14-5-2-10-23-14;12-7-2-1-3-8(6-7)13-5-4-9(10(13)14)11(15)16;7-4-3-6-2-1-5-8-6/h1-5,10-11,15H,6-9H2,(H,19,21);1-3,6,9H,4-5H2,(H,15,16);1-2,5H,3-4,7H2. The van der Waals surface area contributed by atoms with Crippen molar-refractivity contribution in [2.45, 2.75) is 25.7 Å². The van der Waals surface area contributed by atoms with Crippen molar-refractivity contribution in [1.29, 1.82) is 0 Å². The Kier molecular flexibility index (Phi) is 13.8. The van der Waals surface area contributed by atoms with E-state index < -0.39 is 17.8 Å². The molecule has 0 radical (unpaired) electrons. The van der Waals surface area contributed by atoms with Crippen LogP contribution in [0, 0.1) is 11.8 Å². The molecule has 2 aliphatic rings. The lowest BCUT2D eigenvalue weighted by Crippen LogP contribution is -2.37. The molecular weight excluding hydrogens is 679 g/mol. The number of rotatable bonds is 9. The van der Waals surface area contributed by atoms with Crippen molar-refractivity contribution < 1.29 is 24.3 Å². The Morgan fingerprint density at radius 2 is 1.30 bits per heavy atom. The van der Waals surface area contributed by atoms with Crippen molar-refractivity contribution in [1.82, 2.24) is 5.32 Å². The number of hydrogen-bond acceptors (Lipinski definition) is 7. The molecule has 2 aromatic heterocycles. The highest BCUT2D eigenvalue weighted by atomic mass is 35.5. The van der Waals surface area contributed by atoms with Gasteiger partial charge in [0.2, 0.25) is 17.7 Å². The first-order valence-corrected chi connectivity index (χ1v) is 17.6. The lowest BCUT2D eigenvalue weighted by Gasteiger charge is -2.17. The van der Waals surface area contributed by atoms with E-state index in [9.17, 15) is 19.2 Å². The molecule has 0 spiro atoms. The van der Waals surface area contributed by atoms with Crippen LogP contribution in [-0.2, 0) is 32.0 Å². The van der Waals surface area contributed by atoms with Crippen LogP contribution in [0.1, 0.15) is 22.6 Å². The van der Waals surface area contributed by atoms with E-state index in [0.717, 1.165) is 25.1 Å². The number of carboxylic acids is 1. The number of nitrogens with two attached hydrogens (primary N) is 1. The fourth-order valence-electron chi connectivity index (χ4n) is 5.12. The third-order valence-corrected chi connectivity index (χ3v) is 9.83. The lowest BCUT2D eigenvalue weighted by molar-refractivity contribution is -0.145. The van der Waals surface area contributed by atoms with Crippen LogP contribution in [0.25, 0.3) is 0 Å². The van der Waals surface area contributed by atoms with Crippen LogP contribution < -0.4 is 20.9 Å². The quantitative estimate of drug-likeness (QED) is 0.179. The first-order valence-electron chi connectivity index (χ1n) is 15.1. The van der Waals surface area contributed by atoms with Crippen LogP contribution in [-0.4, -0.2) is 55.0 Å². The van der Waals surface area contributed by atoms with Gasteiger partial charge in [-0.1, -0.05) is 47.5 Å². The topological polar surface area (TPSA) is 133 Å². The summed E-state index contributed by atoms with van der Waals surface area (Å²) >= 11 is 15.2. The normalized spacial score (nSPS) is 17.1. The Hall–Kier alpha value is -3.74. The molecule has 13 heteroatoms. The maximum Gasteiger partial charge on any atom is 0.316 e. The van der Waals surface area contributed by atoms with E-state index >= 15 is 0 Å². The monoisotopic (exact) mass is 714 g/mol. The fraction of sp³-hybridized carbons (Fsp3) is 0.294. The zero-order chi connectivity index (χ0) is 33.8. The number of carbonyl (C=O) groups is 4. The van der Waals surface area contributed by atoms with Gasteiger partial charge in [0.05, 0.1) is 0 Å². The van der Waals surface area contributed by atoms with Crippen molar-refractivity contribution in [3.63, 3.8) is 0 Å². The molecule has 2 fully saturated rings. The molecule has 0 aliphatic carbocycles. The highest BCUT2D eigenvalue weighted by Crippen LogP contribution is 2.28. The lowest BCUT2D eigenvalue weighted by atomic mass is 10.1. The predicted molar refractivity (Wildman–Crippen MR) is 190 cm³/mol. The highest BCUT2D eigenvalue weighted by molar-refractivity contribution is 7.10. The van der Waals surface area contributed by atoms with Gasteiger partial charge in [0.15, 0.2) is 0 Å². The maximum atomic E-state index is 12.5. The van der Waals surface area contributed by atoms with Gasteiger partial charge in [-0.2, -0.15) is 0 Å². The first-order chi connectivity index (χ1) is 22.7. The van der Waals surface area contributed by atoms with E-state index in [1.54, 1.807) is 70.0 Å². The largest absolute Gasteiger partial charge is 0.481 e. The molecule has 248 valence electrons. The second-order valence-electron chi connectivity index (χ2n) is 10.7. The van der Waals surface area contributed by atoms with Gasteiger partial charge in [-0.3, -0.25) is 19.2 Å². The zero-order valence-corrected chi connectivity index (χ0v) is 28.7. The van der Waals surface area contributed by atoms with E-state index in [-0.39, 0.29) is 17.7 Å². The smallest absolute Gasteiger partial charge is 0.316 e. The minimum Gasteiger partial charge on any atom is -0.481 e. The second-order valence-corrected chi connectivity index (χ2v) is 13.6. The second kappa shape index (κ2) is 18.0. The number of anilines is 2. The van der Waals surface area contributed by atoms with Gasteiger partial charge in [-0.05, 0) is 91.5 Å². The molecule has 0 saturated carbocycles. The van der Waals surface area contributed by atoms with Crippen molar-refractivity contribution in [3.8, 4) is 0 Å². The van der Waals surface area contributed by atoms with E-state index in [0.29, 0.717) is 48.2 Å². The van der Waals surface area contributed by atoms with Gasteiger partial charge >= 0.3 is 5.97 Å². The number of carboxylic acid groups (broad SMARTS) is 1. The number of amides is 3. The van der Waals surface area contributed by atoms with Crippen LogP contribution in [0.3, 0.4) is 0 Å². The molecule has 4 N–H and O–H groups in total. The average molecular weight is 716 g/mol. The van der Waals surface area contributed by atoms with Crippen LogP contribution in [0.5, 0.6) is 0 Å². The van der Waals surface area contributed by atoms with E-state index in [1.165, 1.54) is 14.7 Å². The summed E-state index contributed by atoms with van der Waals surface area (Å²) in [5.74, 6) is -3.28. The molecule has 2 unspecified atom stereocenters. The minimum absolute atomic E-state index is 0.152. The van der Waals surface area contributed by atoms with E-state index in [4.69, 9.17) is 34.0 Å². The van der Waals surface area contributed by atoms with Gasteiger partial charge in [0.25, 0.3) is 0 Å². The van der Waals surface area contributed by atoms with Crippen LogP contribution >= 0.6 is 45.9 Å². The summed E-state index contributed by atoms with van der Waals surface area (Å²) in [5.41, 5.74) is 6.73. The molecule has 0 bridgehead atoms. The maximum absolute atomic E-state index is 12.5. The van der Waals surface area contributed by atoms with E-state index in [2.05, 4.69) is 22.8 Å². The molecule has 9 nitrogen and oxygen atoms in total. The fourth-order valence-corrected chi connectivity index (χ4v) is 6.92. The van der Waals surface area contributed by atoms with E-state index in [1.807, 2.05) is 23.6 Å². The molecule has 2 aromatic carbocycles. The van der Waals surface area contributed by atoms with Gasteiger partial charge in [0, 0.05) is 50.8 Å². The Labute approximate surface area is 291 Å². The third-order valence-electron chi connectivity index (χ3n) is 7.49. The SMILES string of the molecule is NCCc1cccs1.O=C(NCCc1cccs1)C1CCN(c2cccc(Cl)c2)C1=O.O=C(O)C1CCN(c2cccc(Cl)c2)C1=O. The zero-order valence-electron chi connectivity index (χ0n) is 25.5. The highest BCUT2D eigenvalue weighted by Gasteiger charge is 2.38. The van der Waals surface area contributed by atoms with Gasteiger partial charge in [0.1, 0.15) is 11.8 Å². The summed E-state index contributed by atoms with van der Waals surface area (Å²) in [5, 5.41) is 16.9. The van der Waals surface area contributed by atoms with Gasteiger partial charge < -0.3 is 26.0 Å². The average Bonchev–Trinajstić information content (AvgIpc) is 3.87. The van der Waals surface area contributed by atoms with Crippen LogP contribution in [0.15, 0.2) is 83.6 Å². The molecule has 2 saturated heterocycles. The number of nitrogens with zero attached hydrogens (tertiary/aromatic N) is 2. The van der Waals surface area contributed by atoms with Crippen molar-refractivity contribution >= 4 is 80.9 Å². The minimum atomic E-state index is -1.06. The number of benzene rings is 2. The molecular formula is C34H36Cl2N4O5S2. The number of nitrogens with one attached hydrogen (secondary N) is 1. The number of thiophene rings is 2. The van der Waals surface area contributed by atoms with Crippen LogP contribution in [0.2, 0.25) is 10.0 Å². The van der Waals surface area contributed by atoms with Gasteiger partial charge in [-0.25, -0.2) is 0 Å². The third kappa shape index (κ3) is 10.4. The number of carbonyl (C=O) groups excluding carboxylic acids is 3. The molecule has 3 amide bonds. The first kappa shape index (κ1) is 36.1. The Balaban J connectivity index is 0.000000180. The number of aliphatic carboxylic acids is 1. The van der Waals surface area contributed by atoms with Crippen LogP contribution in [0.4, 0.5) is 11.4 Å². The molecule has 2 aliphatic heterocycles. The number of halogens is 2. The Morgan fingerprint density at radius 1 is 0.787 bits per heavy atom. The summed E-state index contributed by atoms with van der Waals surface area (Å²) < 4.78 is 0. The van der Waals surface area contributed by atoms with Crippen molar-refractivity contribution in [2.75, 3.05) is 36.0 Å². The molecule has 4 heterocycles. The molecule has 2 atom stereocenters. The summed E-state index contributed by atoms with van der Waals surface area (Å²) in [7, 11) is 0. The summed E-state index contributed by atoms with van der Waals surface area (Å²) in [6.07, 6.45) is 2.71. The van der Waals surface area contributed by atoms with Crippen molar-refractivity contribution in [3.05, 3.63) is 103 Å². The summed E-state index contributed by atoms with van der Waals surface area (Å²) in [4.78, 5) is 53.0. The molecule has 47 heavy (non-hydrogen) atoms. The Morgan fingerprint density at radius 3 is 1.74 bits per heavy atom. The predicted octanol–water partition coefficient (Wildman–Crippen LogP) is 6.14. The molecule has 4 aromatic rings. The summed E-state index contributed by atoms with van der Waals surface area (Å²) in [6, 6.07) is 22.2. The van der Waals surface area contributed by atoms with Crippen molar-refractivity contribution in [2.24, 2.45) is 17.6 Å². The van der Waals surface area contributed by atoms with Gasteiger partial charge in [-0.15, -0.1) is 22.7 Å². The Bertz CT molecular complexity index is 1630.